The van der Waals surface area contributed by atoms with Gasteiger partial charge < -0.3 is 0 Å². The smallest absolute Gasteiger partial charge is 0.162 e. The molecule has 0 aliphatic heterocycles. The van der Waals surface area contributed by atoms with Crippen molar-refractivity contribution >= 4 is 11.6 Å². The lowest BCUT2D eigenvalue weighted by Gasteiger charge is -2.31. The van der Waals surface area contributed by atoms with Gasteiger partial charge in [0.05, 0.1) is 0 Å². The summed E-state index contributed by atoms with van der Waals surface area (Å²) < 4.78 is 0. The summed E-state index contributed by atoms with van der Waals surface area (Å²) >= 11 is 0. The van der Waals surface area contributed by atoms with Gasteiger partial charge in [-0.1, -0.05) is 38.2 Å². The van der Waals surface area contributed by atoms with Gasteiger partial charge in [0.25, 0.3) is 0 Å². The SMILES string of the molecule is CC1=CC(C(C)(C)C2=CCC(=O)C(C)=C2)=CCC1=O. The van der Waals surface area contributed by atoms with E-state index in [9.17, 15) is 9.59 Å². The van der Waals surface area contributed by atoms with Crippen LogP contribution in [-0.2, 0) is 9.59 Å². The molecule has 0 saturated carbocycles. The minimum Gasteiger partial charge on any atom is -0.294 e. The van der Waals surface area contributed by atoms with Gasteiger partial charge in [-0.25, -0.2) is 0 Å². The highest BCUT2D eigenvalue weighted by Crippen LogP contribution is 2.40. The van der Waals surface area contributed by atoms with Crippen molar-refractivity contribution in [3.8, 4) is 0 Å². The second-order valence-electron chi connectivity index (χ2n) is 5.85. The topological polar surface area (TPSA) is 34.1 Å². The van der Waals surface area contributed by atoms with Crippen LogP contribution in [0.2, 0.25) is 0 Å². The predicted octanol–water partition coefficient (Wildman–Crippen LogP) is 3.70. The third kappa shape index (κ3) is 2.53. The van der Waals surface area contributed by atoms with Crippen molar-refractivity contribution in [2.24, 2.45) is 5.41 Å². The number of carbonyl (C=O) groups excluding carboxylic acids is 2. The zero-order valence-electron chi connectivity index (χ0n) is 12.0. The third-order valence-electron chi connectivity index (χ3n) is 4.08. The minimum absolute atomic E-state index is 0.163. The first-order valence-corrected chi connectivity index (χ1v) is 6.66. The second kappa shape index (κ2) is 4.76. The molecule has 0 saturated heterocycles. The Morgan fingerprint density at radius 1 is 0.842 bits per heavy atom. The molecule has 0 radical (unpaired) electrons. The lowest BCUT2D eigenvalue weighted by Crippen LogP contribution is -2.21. The first kappa shape index (κ1) is 13.7. The Bertz CT molecular complexity index is 516. The molecule has 0 aromatic rings. The molecular weight excluding hydrogens is 236 g/mol. The van der Waals surface area contributed by atoms with Crippen LogP contribution >= 0.6 is 0 Å². The van der Waals surface area contributed by atoms with Crippen molar-refractivity contribution in [2.45, 2.75) is 40.5 Å². The molecule has 2 rings (SSSR count). The number of hydrogen-bond acceptors (Lipinski definition) is 2. The van der Waals surface area contributed by atoms with Gasteiger partial charge >= 0.3 is 0 Å². The zero-order valence-corrected chi connectivity index (χ0v) is 12.0. The van der Waals surface area contributed by atoms with E-state index in [0.29, 0.717) is 12.8 Å². The molecule has 100 valence electrons. The van der Waals surface area contributed by atoms with E-state index in [1.54, 1.807) is 0 Å². The fourth-order valence-corrected chi connectivity index (χ4v) is 2.51. The highest BCUT2D eigenvalue weighted by molar-refractivity contribution is 5.98. The van der Waals surface area contributed by atoms with Gasteiger partial charge in [0, 0.05) is 18.3 Å². The summed E-state index contributed by atoms with van der Waals surface area (Å²) in [7, 11) is 0. The van der Waals surface area contributed by atoms with Crippen LogP contribution in [0.3, 0.4) is 0 Å². The Balaban J connectivity index is 2.35. The standard InChI is InChI=1S/C17H20O2/c1-11-9-13(5-7-15(11)18)17(3,4)14-6-8-16(19)12(2)10-14/h5-6,9-10H,7-8H2,1-4H3. The largest absolute Gasteiger partial charge is 0.294 e. The van der Waals surface area contributed by atoms with Crippen molar-refractivity contribution in [3.05, 3.63) is 46.6 Å². The summed E-state index contributed by atoms with van der Waals surface area (Å²) in [5.41, 5.74) is 3.80. The van der Waals surface area contributed by atoms with Crippen LogP contribution in [0.5, 0.6) is 0 Å². The number of Topliss-reactive ketones (excluding diaryl/α,β-unsaturated/α-hetero) is 2. The summed E-state index contributed by atoms with van der Waals surface area (Å²) in [5, 5.41) is 0. The second-order valence-corrected chi connectivity index (χ2v) is 5.85. The first-order chi connectivity index (χ1) is 8.82. The van der Waals surface area contributed by atoms with Crippen LogP contribution in [0, 0.1) is 5.41 Å². The fourth-order valence-electron chi connectivity index (χ4n) is 2.51. The highest BCUT2D eigenvalue weighted by atomic mass is 16.1. The van der Waals surface area contributed by atoms with E-state index in [1.165, 1.54) is 0 Å². The predicted molar refractivity (Wildman–Crippen MR) is 76.7 cm³/mol. The van der Waals surface area contributed by atoms with Crippen molar-refractivity contribution in [1.82, 2.24) is 0 Å². The summed E-state index contributed by atoms with van der Waals surface area (Å²) in [4.78, 5) is 23.1. The van der Waals surface area contributed by atoms with Gasteiger partial charge in [0.1, 0.15) is 0 Å². The Hall–Kier alpha value is -1.70. The van der Waals surface area contributed by atoms with Gasteiger partial charge in [-0.15, -0.1) is 0 Å². The van der Waals surface area contributed by atoms with Crippen molar-refractivity contribution in [1.29, 1.82) is 0 Å². The van der Waals surface area contributed by atoms with Gasteiger partial charge in [-0.2, -0.15) is 0 Å². The number of allylic oxidation sites excluding steroid dienone is 8. The van der Waals surface area contributed by atoms with E-state index in [0.717, 1.165) is 22.3 Å². The molecular formula is C17H20O2. The van der Waals surface area contributed by atoms with E-state index < -0.39 is 0 Å². The van der Waals surface area contributed by atoms with Crippen molar-refractivity contribution in [2.75, 3.05) is 0 Å². The molecule has 0 heterocycles. The van der Waals surface area contributed by atoms with E-state index in [1.807, 2.05) is 38.2 Å². The molecule has 2 heteroatoms. The third-order valence-corrected chi connectivity index (χ3v) is 4.08. The minimum atomic E-state index is -0.163. The van der Waals surface area contributed by atoms with E-state index in [4.69, 9.17) is 0 Å². The highest BCUT2D eigenvalue weighted by Gasteiger charge is 2.29. The first-order valence-electron chi connectivity index (χ1n) is 6.66. The Morgan fingerprint density at radius 3 is 1.53 bits per heavy atom. The number of carbonyl (C=O) groups is 2. The maximum Gasteiger partial charge on any atom is 0.162 e. The molecule has 0 bridgehead atoms. The molecule has 0 atom stereocenters. The van der Waals surface area contributed by atoms with E-state index in [-0.39, 0.29) is 17.0 Å². The van der Waals surface area contributed by atoms with Gasteiger partial charge in [-0.3, -0.25) is 9.59 Å². The molecule has 0 aromatic heterocycles. The molecule has 0 fully saturated rings. The summed E-state index contributed by atoms with van der Waals surface area (Å²) in [6.07, 6.45) is 8.94. The van der Waals surface area contributed by atoms with Crippen LogP contribution in [0.1, 0.15) is 40.5 Å². The van der Waals surface area contributed by atoms with Crippen LogP contribution in [0.4, 0.5) is 0 Å². The normalized spacial score (nSPS) is 20.6. The Labute approximate surface area is 114 Å². The van der Waals surface area contributed by atoms with Crippen molar-refractivity contribution in [3.63, 3.8) is 0 Å². The van der Waals surface area contributed by atoms with Crippen LogP contribution in [-0.4, -0.2) is 11.6 Å². The average molecular weight is 256 g/mol. The molecule has 2 nitrogen and oxygen atoms in total. The van der Waals surface area contributed by atoms with Crippen LogP contribution < -0.4 is 0 Å². The maximum absolute atomic E-state index is 11.6. The molecule has 19 heavy (non-hydrogen) atoms. The van der Waals surface area contributed by atoms with Gasteiger partial charge in [0.15, 0.2) is 11.6 Å². The molecule has 0 unspecified atom stereocenters. The van der Waals surface area contributed by atoms with Gasteiger partial charge in [-0.05, 0) is 36.1 Å². The summed E-state index contributed by atoms with van der Waals surface area (Å²) in [5.74, 6) is 0.387. The van der Waals surface area contributed by atoms with Gasteiger partial charge in [0.2, 0.25) is 0 Å². The molecule has 0 N–H and O–H groups in total. The molecule has 0 spiro atoms. The quantitative estimate of drug-likeness (QED) is 0.755. The molecule has 0 amide bonds. The van der Waals surface area contributed by atoms with Crippen LogP contribution in [0.15, 0.2) is 46.6 Å². The van der Waals surface area contributed by atoms with E-state index in [2.05, 4.69) is 13.8 Å². The van der Waals surface area contributed by atoms with Crippen molar-refractivity contribution < 1.29 is 9.59 Å². The monoisotopic (exact) mass is 256 g/mol. The lowest BCUT2D eigenvalue weighted by atomic mass is 9.72. The number of hydrogen-bond donors (Lipinski definition) is 0. The molecule has 2 aliphatic carbocycles. The lowest BCUT2D eigenvalue weighted by molar-refractivity contribution is -0.115. The summed E-state index contributed by atoms with van der Waals surface area (Å²) in [6, 6.07) is 0. The average Bonchev–Trinajstić information content (AvgIpc) is 2.35. The Kier molecular flexibility index (Phi) is 3.44. The van der Waals surface area contributed by atoms with E-state index >= 15 is 0 Å². The number of rotatable bonds is 2. The summed E-state index contributed by atoms with van der Waals surface area (Å²) in [6.45, 7) is 8.02. The molecule has 0 aromatic carbocycles. The zero-order chi connectivity index (χ0) is 14.2. The number of ketones is 2. The molecule has 2 aliphatic rings. The maximum atomic E-state index is 11.6. The van der Waals surface area contributed by atoms with Crippen LogP contribution in [0.25, 0.3) is 0 Å². The fraction of sp³-hybridized carbons (Fsp3) is 0.412. The Morgan fingerprint density at radius 2 is 1.21 bits per heavy atom.